The van der Waals surface area contributed by atoms with Crippen LogP contribution in [0.2, 0.25) is 0 Å². The number of hydrogen-bond donors (Lipinski definition) is 0. The summed E-state index contributed by atoms with van der Waals surface area (Å²) in [5, 5.41) is 16.9. The van der Waals surface area contributed by atoms with Crippen LogP contribution < -0.4 is 0 Å². The van der Waals surface area contributed by atoms with Gasteiger partial charge in [0.25, 0.3) is 0 Å². The highest BCUT2D eigenvalue weighted by molar-refractivity contribution is 6.25. The second-order valence-corrected chi connectivity index (χ2v) is 20.9. The lowest BCUT2D eigenvalue weighted by atomic mass is 9.84. The number of fused-ring (bicyclic) bond motifs is 9. The van der Waals surface area contributed by atoms with Crippen LogP contribution in [0.25, 0.3) is 164 Å². The molecule has 0 aliphatic carbocycles. The zero-order valence-electron chi connectivity index (χ0n) is 43.1. The highest BCUT2D eigenvalue weighted by Gasteiger charge is 2.23. The van der Waals surface area contributed by atoms with E-state index in [2.05, 4.69) is 291 Å². The Labute approximate surface area is 457 Å². The van der Waals surface area contributed by atoms with Gasteiger partial charge in [0.05, 0.1) is 0 Å². The van der Waals surface area contributed by atoms with E-state index in [1.165, 1.54) is 126 Å². The van der Waals surface area contributed by atoms with Gasteiger partial charge in [0, 0.05) is 27.5 Å². The molecule has 0 aliphatic heterocycles. The summed E-state index contributed by atoms with van der Waals surface area (Å²) in [5.74, 6) is 0. The van der Waals surface area contributed by atoms with Gasteiger partial charge in [0.1, 0.15) is 11.2 Å². The van der Waals surface area contributed by atoms with E-state index in [0.29, 0.717) is 0 Å². The average Bonchev–Trinajstić information content (AvgIpc) is 4.15. The Balaban J connectivity index is 0.818. The Bertz CT molecular complexity index is 4990. The van der Waals surface area contributed by atoms with Crippen molar-refractivity contribution in [3.8, 4) is 77.9 Å². The van der Waals surface area contributed by atoms with Crippen molar-refractivity contribution in [3.63, 3.8) is 0 Å². The van der Waals surface area contributed by atoms with Crippen molar-refractivity contribution in [1.29, 1.82) is 0 Å². The SMILES string of the molecule is c1ccc(-c2c3ccccc3c(-c3ccc(-c4ccc5ccccc5c4-c4ccc(-c5c6ccccc6c(-c6cccc7c6oc6c(-c8ccc9ccccc9c8)cccc67)c6ccccc56)cc4)cc3)c3ccccc23)cc1. The first-order chi connectivity index (χ1) is 39.2. The molecule has 15 aromatic carbocycles. The fraction of sp³-hybridized carbons (Fsp3) is 0. The minimum absolute atomic E-state index is 0.901. The maximum absolute atomic E-state index is 7.15. The highest BCUT2D eigenvalue weighted by atomic mass is 16.3. The van der Waals surface area contributed by atoms with E-state index in [0.717, 1.165) is 38.6 Å². The molecule has 0 unspecified atom stereocenters. The van der Waals surface area contributed by atoms with Crippen molar-refractivity contribution < 1.29 is 4.42 Å². The molecule has 366 valence electrons. The van der Waals surface area contributed by atoms with Crippen LogP contribution in [0.15, 0.2) is 296 Å². The summed E-state index contributed by atoms with van der Waals surface area (Å²) in [5.41, 5.74) is 18.5. The van der Waals surface area contributed by atoms with Gasteiger partial charge in [-0.1, -0.05) is 285 Å². The van der Waals surface area contributed by atoms with Crippen molar-refractivity contribution in [1.82, 2.24) is 0 Å². The van der Waals surface area contributed by atoms with Crippen molar-refractivity contribution >= 4 is 86.6 Å². The largest absolute Gasteiger partial charge is 0.455 e. The first-order valence-corrected chi connectivity index (χ1v) is 27.3. The van der Waals surface area contributed by atoms with Crippen LogP contribution >= 0.6 is 0 Å². The van der Waals surface area contributed by atoms with E-state index in [1.54, 1.807) is 0 Å². The standard InChI is InChI=1S/C78H48O/c1-2-20-52(21-3-1)73-61-24-8-10-26-63(61)74(64-27-11-9-25-62(64)73)54-39-37-51(38-40-54)59-47-46-50-19-6-7-23-58(50)72(59)53-41-43-55(44-42-53)75-65-28-12-14-30-67(65)76(68-31-15-13-29-66(68)75)71-35-17-34-70-69-33-16-32-60(77(69)79-78(70)71)57-45-36-49-18-4-5-22-56(49)48-57/h1-48H. The molecule has 1 nitrogen and oxygen atoms in total. The van der Waals surface area contributed by atoms with E-state index in [4.69, 9.17) is 4.42 Å². The van der Waals surface area contributed by atoms with Gasteiger partial charge in [-0.3, -0.25) is 0 Å². The second kappa shape index (κ2) is 18.2. The van der Waals surface area contributed by atoms with Crippen LogP contribution in [0.4, 0.5) is 0 Å². The maximum atomic E-state index is 7.15. The minimum Gasteiger partial charge on any atom is -0.455 e. The van der Waals surface area contributed by atoms with Gasteiger partial charge in [-0.2, -0.15) is 0 Å². The molecular weight excluding hydrogens is 953 g/mol. The van der Waals surface area contributed by atoms with Gasteiger partial charge in [-0.15, -0.1) is 0 Å². The van der Waals surface area contributed by atoms with Crippen molar-refractivity contribution in [3.05, 3.63) is 291 Å². The summed E-state index contributed by atoms with van der Waals surface area (Å²) < 4.78 is 7.15. The molecule has 1 aromatic heterocycles. The molecule has 0 aliphatic rings. The molecule has 16 aromatic rings. The normalized spacial score (nSPS) is 11.8. The first kappa shape index (κ1) is 44.9. The first-order valence-electron chi connectivity index (χ1n) is 27.3. The molecule has 0 fully saturated rings. The Morgan fingerprint density at radius 3 is 1.05 bits per heavy atom. The number of rotatable bonds is 7. The monoisotopic (exact) mass is 1000 g/mol. The molecule has 0 spiro atoms. The van der Waals surface area contributed by atoms with Gasteiger partial charge in [-0.05, 0) is 132 Å². The lowest BCUT2D eigenvalue weighted by Gasteiger charge is -2.19. The van der Waals surface area contributed by atoms with Gasteiger partial charge in [-0.25, -0.2) is 0 Å². The summed E-state index contributed by atoms with van der Waals surface area (Å²) in [4.78, 5) is 0. The fourth-order valence-corrected chi connectivity index (χ4v) is 13.1. The number of hydrogen-bond acceptors (Lipinski definition) is 1. The summed E-state index contributed by atoms with van der Waals surface area (Å²) in [6, 6.07) is 107. The van der Waals surface area contributed by atoms with Crippen LogP contribution in [0, 0.1) is 0 Å². The molecule has 0 amide bonds. The topological polar surface area (TPSA) is 13.1 Å². The van der Waals surface area contributed by atoms with Gasteiger partial charge >= 0.3 is 0 Å². The van der Waals surface area contributed by atoms with Crippen molar-refractivity contribution in [2.75, 3.05) is 0 Å². The number of para-hydroxylation sites is 2. The molecule has 1 heteroatoms. The smallest absolute Gasteiger partial charge is 0.143 e. The molecule has 1 heterocycles. The highest BCUT2D eigenvalue weighted by Crippen LogP contribution is 2.49. The maximum Gasteiger partial charge on any atom is 0.143 e. The van der Waals surface area contributed by atoms with E-state index < -0.39 is 0 Å². The van der Waals surface area contributed by atoms with E-state index in [1.807, 2.05) is 0 Å². The Kier molecular flexibility index (Phi) is 10.3. The molecule has 0 N–H and O–H groups in total. The third-order valence-electron chi connectivity index (χ3n) is 16.7. The number of benzene rings is 15. The third kappa shape index (κ3) is 7.17. The summed E-state index contributed by atoms with van der Waals surface area (Å²) in [7, 11) is 0. The quantitative estimate of drug-likeness (QED) is 0.145. The second-order valence-electron chi connectivity index (χ2n) is 20.9. The molecule has 79 heavy (non-hydrogen) atoms. The van der Waals surface area contributed by atoms with Crippen LogP contribution in [0.5, 0.6) is 0 Å². The van der Waals surface area contributed by atoms with E-state index >= 15 is 0 Å². The van der Waals surface area contributed by atoms with Crippen LogP contribution in [0.1, 0.15) is 0 Å². The summed E-state index contributed by atoms with van der Waals surface area (Å²) in [6.07, 6.45) is 0. The zero-order valence-corrected chi connectivity index (χ0v) is 43.1. The Hall–Kier alpha value is -10.3. The fourth-order valence-electron chi connectivity index (χ4n) is 13.1. The molecule has 0 radical (unpaired) electrons. The predicted molar refractivity (Wildman–Crippen MR) is 337 cm³/mol. The molecule has 0 saturated carbocycles. The third-order valence-corrected chi connectivity index (χ3v) is 16.7. The zero-order chi connectivity index (χ0) is 52.0. The predicted octanol–water partition coefficient (Wildman–Crippen LogP) is 22.2. The molecule has 0 saturated heterocycles. The lowest BCUT2D eigenvalue weighted by Crippen LogP contribution is -1.92. The molecule has 16 rings (SSSR count). The lowest BCUT2D eigenvalue weighted by molar-refractivity contribution is 0.671. The Morgan fingerprint density at radius 1 is 0.165 bits per heavy atom. The minimum atomic E-state index is 0.901. The molecular formula is C78H48O. The molecule has 0 atom stereocenters. The van der Waals surface area contributed by atoms with Gasteiger partial charge < -0.3 is 4.42 Å². The van der Waals surface area contributed by atoms with Crippen molar-refractivity contribution in [2.24, 2.45) is 0 Å². The van der Waals surface area contributed by atoms with Crippen LogP contribution in [0.3, 0.4) is 0 Å². The van der Waals surface area contributed by atoms with E-state index in [-0.39, 0.29) is 0 Å². The van der Waals surface area contributed by atoms with Crippen molar-refractivity contribution in [2.45, 2.75) is 0 Å². The van der Waals surface area contributed by atoms with Crippen LogP contribution in [-0.2, 0) is 0 Å². The van der Waals surface area contributed by atoms with Gasteiger partial charge in [0.15, 0.2) is 0 Å². The average molecular weight is 1000 g/mol. The van der Waals surface area contributed by atoms with E-state index in [9.17, 15) is 0 Å². The Morgan fingerprint density at radius 2 is 0.519 bits per heavy atom. The number of furan rings is 1. The summed E-state index contributed by atoms with van der Waals surface area (Å²) in [6.45, 7) is 0. The van der Waals surface area contributed by atoms with Gasteiger partial charge in [0.2, 0.25) is 0 Å². The molecule has 0 bridgehead atoms. The van der Waals surface area contributed by atoms with Crippen LogP contribution in [-0.4, -0.2) is 0 Å². The summed E-state index contributed by atoms with van der Waals surface area (Å²) >= 11 is 0.